The molecule has 1 fully saturated rings. The van der Waals surface area contributed by atoms with Crippen LogP contribution in [0, 0.1) is 29.6 Å². The molecule has 13 N–H and O–H groups in total. The van der Waals surface area contributed by atoms with Gasteiger partial charge in [0.15, 0.2) is 0 Å². The van der Waals surface area contributed by atoms with Crippen molar-refractivity contribution in [3.05, 3.63) is 0 Å². The molecule has 0 saturated carbocycles. The lowest BCUT2D eigenvalue weighted by atomic mass is 9.96. The van der Waals surface area contributed by atoms with E-state index in [1.54, 1.807) is 55.4 Å². The fourth-order valence-electron chi connectivity index (χ4n) is 8.61. The Bertz CT molecular complexity index is 2020. The van der Waals surface area contributed by atoms with Crippen LogP contribution in [-0.4, -0.2) is 165 Å². The summed E-state index contributed by atoms with van der Waals surface area (Å²) in [4.78, 5) is 152. The number of ether oxygens (including phenoxy) is 1. The zero-order chi connectivity index (χ0) is 60.3. The van der Waals surface area contributed by atoms with Crippen LogP contribution >= 0.6 is 0 Å². The van der Waals surface area contributed by atoms with Crippen molar-refractivity contribution in [1.82, 2.24) is 47.9 Å². The molecular weight excluding hydrogens is 1030 g/mol. The largest absolute Gasteiger partial charge is 0.481 e. The van der Waals surface area contributed by atoms with E-state index in [2.05, 4.69) is 54.8 Å². The lowest BCUT2D eigenvalue weighted by Crippen LogP contribution is -2.64. The molecule has 1 aliphatic heterocycles. The number of cyclic esters (lactones) is 1. The van der Waals surface area contributed by atoms with E-state index in [1.807, 2.05) is 0 Å². The molecule has 25 heteroatoms. The van der Waals surface area contributed by atoms with E-state index in [4.69, 9.17) is 4.74 Å². The van der Waals surface area contributed by atoms with E-state index in [1.165, 1.54) is 20.8 Å². The van der Waals surface area contributed by atoms with Gasteiger partial charge in [0.1, 0.15) is 60.5 Å². The van der Waals surface area contributed by atoms with E-state index >= 15 is 0 Å². The average Bonchev–Trinajstić information content (AvgIpc) is 3.36. The molecule has 1 rings (SSSR count). The van der Waals surface area contributed by atoms with Gasteiger partial charge in [-0.25, -0.2) is 4.79 Å². The highest BCUT2D eigenvalue weighted by Crippen LogP contribution is 2.17. The Balaban J connectivity index is 3.99. The molecule has 1 aliphatic rings. The maximum Gasteiger partial charge on any atom is 0.329 e. The fraction of sp³-hybridized carbons (Fsp3) is 0.796. The SMILES string of the molecule is CCCCCCC[C@H](O)CC(=O)N[C@@H](CC(C)C)C(=O)N[C@H](CCC(=O)O)C(=O)NC1C(=O)N[C@H](C(C)CC)C(=O)N[C@@H](CC(C)C)C(=O)N[C@H](CO)C(=O)N[C@@H](CC(C)C)C(=O)N[C@H](CO)C(=O)N[C@@H](C(C)C)C(=O)OC1C. The summed E-state index contributed by atoms with van der Waals surface area (Å²) in [5.74, 6) is -13.4. The Labute approximate surface area is 465 Å². The van der Waals surface area contributed by atoms with Crippen molar-refractivity contribution < 1.29 is 77.9 Å². The van der Waals surface area contributed by atoms with E-state index < -0.39 is 170 Å². The van der Waals surface area contributed by atoms with Gasteiger partial charge in [-0.3, -0.25) is 47.9 Å². The standard InChI is InChI=1S/C54H95N9O16/c1-13-15-16-17-18-19-34(66)25-41(67)55-36(22-28(3)4)47(71)56-35(20-21-42(68)69)46(70)63-45-33(12)79-54(78)43(31(9)10)61-51(75)40(27-65)60-48(72)37(23-29(5)6)57-50(74)39(26-64)59-49(73)38(24-30(7)8)58-52(76)44(32(11)14-2)62-53(45)77/h28-40,43-45,64-66H,13-27H2,1-12H3,(H,55,67)(H,56,71)(H,57,74)(H,58,76)(H,59,73)(H,60,72)(H,61,75)(H,62,77)(H,63,70)(H,68,69)/t32?,33?,34-,35+,36-,37-,38-,39+,40+,43-,44+,45?/m0/s1. The summed E-state index contributed by atoms with van der Waals surface area (Å²) in [5, 5.41) is 63.5. The van der Waals surface area contributed by atoms with Crippen LogP contribution in [0.2, 0.25) is 0 Å². The topological polar surface area (TPSA) is 386 Å². The first-order chi connectivity index (χ1) is 37.0. The molecule has 12 atom stereocenters. The average molecular weight is 1130 g/mol. The number of aliphatic hydroxyl groups is 3. The van der Waals surface area contributed by atoms with Gasteiger partial charge in [0.05, 0.1) is 25.7 Å². The minimum absolute atomic E-state index is 0.0105. The van der Waals surface area contributed by atoms with Gasteiger partial charge in [-0.1, -0.05) is 115 Å². The van der Waals surface area contributed by atoms with E-state index in [0.29, 0.717) is 12.8 Å². The highest BCUT2D eigenvalue weighted by molar-refractivity contribution is 5.99. The molecule has 1 saturated heterocycles. The molecule has 0 bridgehead atoms. The van der Waals surface area contributed by atoms with E-state index in [0.717, 1.165) is 25.7 Å². The van der Waals surface area contributed by atoms with Crippen molar-refractivity contribution in [2.75, 3.05) is 13.2 Å². The van der Waals surface area contributed by atoms with Gasteiger partial charge in [-0.15, -0.1) is 0 Å². The van der Waals surface area contributed by atoms with Crippen LogP contribution in [0.25, 0.3) is 0 Å². The molecule has 452 valence electrons. The third-order valence-corrected chi connectivity index (χ3v) is 13.4. The van der Waals surface area contributed by atoms with Gasteiger partial charge in [0.2, 0.25) is 53.2 Å². The smallest absolute Gasteiger partial charge is 0.329 e. The zero-order valence-corrected chi connectivity index (χ0v) is 48.5. The second-order valence-corrected chi connectivity index (χ2v) is 22.4. The number of aliphatic carboxylic acids is 1. The molecule has 25 nitrogen and oxygen atoms in total. The molecule has 9 amide bonds. The molecule has 79 heavy (non-hydrogen) atoms. The summed E-state index contributed by atoms with van der Waals surface area (Å²) in [6, 6.07) is -14.1. The number of carboxylic acids is 1. The summed E-state index contributed by atoms with van der Waals surface area (Å²) in [6.07, 6.45) is 1.06. The summed E-state index contributed by atoms with van der Waals surface area (Å²) in [6.45, 7) is 18.2. The van der Waals surface area contributed by atoms with Crippen LogP contribution in [0.4, 0.5) is 0 Å². The normalized spacial score (nSPS) is 24.0. The third-order valence-electron chi connectivity index (χ3n) is 13.4. The number of unbranched alkanes of at least 4 members (excludes halogenated alkanes) is 4. The molecule has 3 unspecified atom stereocenters. The number of aliphatic hydroxyl groups excluding tert-OH is 3. The van der Waals surface area contributed by atoms with Gasteiger partial charge in [-0.05, 0) is 68.6 Å². The minimum atomic E-state index is -1.95. The van der Waals surface area contributed by atoms with Crippen molar-refractivity contribution in [3.8, 4) is 0 Å². The second-order valence-electron chi connectivity index (χ2n) is 22.4. The Morgan fingerprint density at radius 1 is 0.582 bits per heavy atom. The van der Waals surface area contributed by atoms with Gasteiger partial charge >= 0.3 is 11.9 Å². The quantitative estimate of drug-likeness (QED) is 0.0383. The number of esters is 1. The number of nitrogens with one attached hydrogen (secondary N) is 9. The molecule has 0 aromatic rings. The number of hydrogen-bond acceptors (Lipinski definition) is 15. The number of carbonyl (C=O) groups is 11. The maximum atomic E-state index is 14.7. The molecule has 0 radical (unpaired) electrons. The van der Waals surface area contributed by atoms with Gasteiger partial charge in [0.25, 0.3) is 0 Å². The summed E-state index contributed by atoms with van der Waals surface area (Å²) < 4.78 is 5.78. The Kier molecular flexibility index (Phi) is 32.7. The number of amides is 9. The molecular formula is C54H95N9O16. The van der Waals surface area contributed by atoms with Crippen molar-refractivity contribution in [2.24, 2.45) is 29.6 Å². The zero-order valence-electron chi connectivity index (χ0n) is 48.5. The van der Waals surface area contributed by atoms with Crippen molar-refractivity contribution >= 4 is 65.1 Å². The molecule has 1 heterocycles. The predicted octanol–water partition coefficient (Wildman–Crippen LogP) is 0.0962. The highest BCUT2D eigenvalue weighted by atomic mass is 16.5. The van der Waals surface area contributed by atoms with Gasteiger partial charge < -0.3 is 73.0 Å². The molecule has 0 spiro atoms. The minimum Gasteiger partial charge on any atom is -0.481 e. The lowest BCUT2D eigenvalue weighted by molar-refractivity contribution is -0.157. The van der Waals surface area contributed by atoms with Crippen molar-refractivity contribution in [2.45, 2.75) is 233 Å². The number of hydrogen-bond donors (Lipinski definition) is 13. The second kappa shape index (κ2) is 36.3. The molecule has 0 aliphatic carbocycles. The first-order valence-corrected chi connectivity index (χ1v) is 28.0. The first kappa shape index (κ1) is 71.1. The maximum absolute atomic E-state index is 14.7. The van der Waals surface area contributed by atoms with Crippen LogP contribution in [-0.2, 0) is 57.5 Å². The molecule has 0 aromatic heterocycles. The number of carbonyl (C=O) groups excluding carboxylic acids is 10. The number of carboxylic acid groups (broad SMARTS) is 1. The van der Waals surface area contributed by atoms with Crippen LogP contribution in [0.5, 0.6) is 0 Å². The van der Waals surface area contributed by atoms with Crippen LogP contribution < -0.4 is 47.9 Å². The highest BCUT2D eigenvalue weighted by Gasteiger charge is 2.40. The lowest BCUT2D eigenvalue weighted by Gasteiger charge is -2.32. The van der Waals surface area contributed by atoms with Crippen LogP contribution in [0.3, 0.4) is 0 Å². The summed E-state index contributed by atoms with van der Waals surface area (Å²) in [7, 11) is 0. The predicted molar refractivity (Wildman–Crippen MR) is 291 cm³/mol. The number of rotatable bonds is 27. The van der Waals surface area contributed by atoms with E-state index in [-0.39, 0.29) is 49.9 Å². The Morgan fingerprint density at radius 2 is 1.08 bits per heavy atom. The first-order valence-electron chi connectivity index (χ1n) is 28.0. The monoisotopic (exact) mass is 1130 g/mol. The Morgan fingerprint density at radius 3 is 1.56 bits per heavy atom. The van der Waals surface area contributed by atoms with Crippen LogP contribution in [0.1, 0.15) is 167 Å². The summed E-state index contributed by atoms with van der Waals surface area (Å²) in [5.41, 5.74) is 0. The third kappa shape index (κ3) is 26.3. The van der Waals surface area contributed by atoms with Gasteiger partial charge in [0, 0.05) is 6.42 Å². The summed E-state index contributed by atoms with van der Waals surface area (Å²) >= 11 is 0. The van der Waals surface area contributed by atoms with Gasteiger partial charge in [-0.2, -0.15) is 0 Å². The Hall–Kier alpha value is -5.95. The van der Waals surface area contributed by atoms with E-state index in [9.17, 15) is 73.2 Å². The van der Waals surface area contributed by atoms with Crippen LogP contribution in [0.15, 0.2) is 0 Å². The fourth-order valence-corrected chi connectivity index (χ4v) is 8.61. The van der Waals surface area contributed by atoms with Crippen molar-refractivity contribution in [1.29, 1.82) is 0 Å². The van der Waals surface area contributed by atoms with Crippen molar-refractivity contribution in [3.63, 3.8) is 0 Å². The molecule has 0 aromatic carbocycles.